The minimum atomic E-state index is 0.814. The molecule has 0 unspecified atom stereocenters. The molecule has 0 atom stereocenters. The maximum atomic E-state index is 5.43. The molecule has 0 aliphatic carbocycles. The third kappa shape index (κ3) is 2.58. The van der Waals surface area contributed by atoms with Gasteiger partial charge in [-0.25, -0.2) is 9.97 Å². The van der Waals surface area contributed by atoms with Gasteiger partial charge in [0.1, 0.15) is 12.1 Å². The summed E-state index contributed by atoms with van der Waals surface area (Å²) in [4.78, 5) is 8.87. The van der Waals surface area contributed by atoms with E-state index < -0.39 is 0 Å². The average molecular weight is 290 g/mol. The molecule has 0 spiro atoms. The Morgan fingerprint density at radius 2 is 1.50 bits per heavy atom. The topological polar surface area (TPSA) is 35.0 Å². The molecule has 0 amide bonds. The van der Waals surface area contributed by atoms with E-state index in [1.807, 2.05) is 30.3 Å². The third-order valence-corrected chi connectivity index (χ3v) is 3.79. The zero-order chi connectivity index (χ0) is 15.5. The van der Waals surface area contributed by atoms with E-state index in [0.717, 1.165) is 22.7 Å². The Balaban J connectivity index is 2.15. The molecule has 0 N–H and O–H groups in total. The Hall–Kier alpha value is -2.68. The number of rotatable bonds is 3. The molecule has 1 heterocycles. The highest BCUT2D eigenvalue weighted by atomic mass is 16.5. The molecule has 2 aromatic carbocycles. The Morgan fingerprint density at radius 3 is 2.23 bits per heavy atom. The van der Waals surface area contributed by atoms with Crippen LogP contribution < -0.4 is 4.74 Å². The van der Waals surface area contributed by atoms with E-state index in [1.165, 1.54) is 16.7 Å². The van der Waals surface area contributed by atoms with Crippen molar-refractivity contribution >= 4 is 0 Å². The lowest BCUT2D eigenvalue weighted by Gasteiger charge is -2.11. The molecule has 22 heavy (non-hydrogen) atoms. The monoisotopic (exact) mass is 290 g/mol. The first kappa shape index (κ1) is 14.3. The van der Waals surface area contributed by atoms with Crippen molar-refractivity contribution in [3.8, 4) is 28.3 Å². The molecule has 0 radical (unpaired) electrons. The molecule has 3 heteroatoms. The average Bonchev–Trinajstić information content (AvgIpc) is 2.55. The number of aryl methyl sites for hydroxylation is 2. The third-order valence-electron chi connectivity index (χ3n) is 3.79. The molecular weight excluding hydrogens is 272 g/mol. The smallest absolute Gasteiger partial charge is 0.128 e. The highest BCUT2D eigenvalue weighted by molar-refractivity contribution is 5.74. The highest BCUT2D eigenvalue weighted by Crippen LogP contribution is 2.31. The lowest BCUT2D eigenvalue weighted by molar-refractivity contribution is 0.416. The molecule has 0 saturated heterocycles. The standard InChI is InChI=1S/C19H18N2O/c1-13-7-6-8-14(2)19(13)17-11-16(20-12-21-17)15-9-4-5-10-18(15)22-3/h4-12H,1-3H3. The van der Waals surface area contributed by atoms with E-state index in [2.05, 4.69) is 42.0 Å². The summed E-state index contributed by atoms with van der Waals surface area (Å²) in [7, 11) is 1.67. The van der Waals surface area contributed by atoms with Crippen molar-refractivity contribution in [1.29, 1.82) is 0 Å². The van der Waals surface area contributed by atoms with E-state index in [1.54, 1.807) is 13.4 Å². The zero-order valence-corrected chi connectivity index (χ0v) is 13.0. The van der Waals surface area contributed by atoms with Crippen LogP contribution in [0.2, 0.25) is 0 Å². The molecule has 0 aliphatic heterocycles. The van der Waals surface area contributed by atoms with Gasteiger partial charge in [-0.3, -0.25) is 0 Å². The van der Waals surface area contributed by atoms with Crippen LogP contribution in [-0.2, 0) is 0 Å². The van der Waals surface area contributed by atoms with Crippen LogP contribution in [0.3, 0.4) is 0 Å². The number of para-hydroxylation sites is 1. The van der Waals surface area contributed by atoms with Crippen LogP contribution in [0.1, 0.15) is 11.1 Å². The molecule has 1 aromatic heterocycles. The summed E-state index contributed by atoms with van der Waals surface area (Å²) >= 11 is 0. The van der Waals surface area contributed by atoms with Crippen LogP contribution in [-0.4, -0.2) is 17.1 Å². The summed E-state index contributed by atoms with van der Waals surface area (Å²) in [5.41, 5.74) is 6.37. The second-order valence-electron chi connectivity index (χ2n) is 5.26. The lowest BCUT2D eigenvalue weighted by atomic mass is 9.98. The summed E-state index contributed by atoms with van der Waals surface area (Å²) in [6, 6.07) is 16.2. The van der Waals surface area contributed by atoms with E-state index >= 15 is 0 Å². The first-order chi connectivity index (χ1) is 10.7. The van der Waals surface area contributed by atoms with Gasteiger partial charge in [-0.05, 0) is 43.2 Å². The lowest BCUT2D eigenvalue weighted by Crippen LogP contribution is -1.95. The first-order valence-electron chi connectivity index (χ1n) is 7.22. The molecule has 110 valence electrons. The minimum absolute atomic E-state index is 0.814. The zero-order valence-electron chi connectivity index (χ0n) is 13.0. The number of nitrogens with zero attached hydrogens (tertiary/aromatic N) is 2. The largest absolute Gasteiger partial charge is 0.496 e. The fraction of sp³-hybridized carbons (Fsp3) is 0.158. The Morgan fingerprint density at radius 1 is 0.818 bits per heavy atom. The Labute approximate surface area is 130 Å². The fourth-order valence-electron chi connectivity index (χ4n) is 2.72. The SMILES string of the molecule is COc1ccccc1-c1cc(-c2c(C)cccc2C)ncn1. The summed E-state index contributed by atoms with van der Waals surface area (Å²) < 4.78 is 5.43. The van der Waals surface area contributed by atoms with Gasteiger partial charge in [-0.2, -0.15) is 0 Å². The molecular formula is C19H18N2O. The maximum absolute atomic E-state index is 5.43. The van der Waals surface area contributed by atoms with Crippen molar-refractivity contribution in [1.82, 2.24) is 9.97 Å². The molecule has 3 nitrogen and oxygen atoms in total. The van der Waals surface area contributed by atoms with Gasteiger partial charge in [-0.1, -0.05) is 30.3 Å². The van der Waals surface area contributed by atoms with Crippen molar-refractivity contribution in [3.63, 3.8) is 0 Å². The molecule has 0 fully saturated rings. The van der Waals surface area contributed by atoms with Crippen LogP contribution in [0.15, 0.2) is 54.9 Å². The number of hydrogen-bond acceptors (Lipinski definition) is 3. The van der Waals surface area contributed by atoms with Crippen molar-refractivity contribution in [2.24, 2.45) is 0 Å². The van der Waals surface area contributed by atoms with Crippen LogP contribution in [0.5, 0.6) is 5.75 Å². The summed E-state index contributed by atoms with van der Waals surface area (Å²) in [6.07, 6.45) is 1.61. The number of methoxy groups -OCH3 is 1. The van der Waals surface area contributed by atoms with E-state index in [9.17, 15) is 0 Å². The van der Waals surface area contributed by atoms with Gasteiger partial charge in [0.05, 0.1) is 18.5 Å². The van der Waals surface area contributed by atoms with Crippen molar-refractivity contribution < 1.29 is 4.74 Å². The van der Waals surface area contributed by atoms with Gasteiger partial charge in [0, 0.05) is 11.1 Å². The van der Waals surface area contributed by atoms with Gasteiger partial charge in [0.2, 0.25) is 0 Å². The normalized spacial score (nSPS) is 10.5. The highest BCUT2D eigenvalue weighted by Gasteiger charge is 2.11. The minimum Gasteiger partial charge on any atom is -0.496 e. The molecule has 3 rings (SSSR count). The Bertz CT molecular complexity index is 792. The van der Waals surface area contributed by atoms with Crippen LogP contribution in [0.4, 0.5) is 0 Å². The van der Waals surface area contributed by atoms with Gasteiger partial charge in [-0.15, -0.1) is 0 Å². The van der Waals surface area contributed by atoms with Crippen molar-refractivity contribution in [3.05, 3.63) is 66.0 Å². The number of benzene rings is 2. The van der Waals surface area contributed by atoms with Crippen molar-refractivity contribution in [2.45, 2.75) is 13.8 Å². The van der Waals surface area contributed by atoms with Gasteiger partial charge >= 0.3 is 0 Å². The first-order valence-corrected chi connectivity index (χ1v) is 7.22. The van der Waals surface area contributed by atoms with Crippen molar-refractivity contribution in [2.75, 3.05) is 7.11 Å². The van der Waals surface area contributed by atoms with E-state index in [-0.39, 0.29) is 0 Å². The quantitative estimate of drug-likeness (QED) is 0.715. The maximum Gasteiger partial charge on any atom is 0.128 e. The summed E-state index contributed by atoms with van der Waals surface area (Å²) in [5.74, 6) is 0.814. The molecule has 0 saturated carbocycles. The number of ether oxygens (including phenoxy) is 1. The number of aromatic nitrogens is 2. The van der Waals surface area contributed by atoms with Crippen LogP contribution in [0, 0.1) is 13.8 Å². The van der Waals surface area contributed by atoms with Crippen LogP contribution in [0.25, 0.3) is 22.5 Å². The Kier molecular flexibility index (Phi) is 3.88. The second kappa shape index (κ2) is 5.98. The predicted molar refractivity (Wildman–Crippen MR) is 88.9 cm³/mol. The van der Waals surface area contributed by atoms with Gasteiger partial charge in [0.15, 0.2) is 0 Å². The fourth-order valence-corrected chi connectivity index (χ4v) is 2.72. The summed E-state index contributed by atoms with van der Waals surface area (Å²) in [6.45, 7) is 4.21. The molecule has 3 aromatic rings. The second-order valence-corrected chi connectivity index (χ2v) is 5.26. The predicted octanol–water partition coefficient (Wildman–Crippen LogP) is 4.44. The van der Waals surface area contributed by atoms with Gasteiger partial charge < -0.3 is 4.74 Å². The van der Waals surface area contributed by atoms with Gasteiger partial charge in [0.25, 0.3) is 0 Å². The van der Waals surface area contributed by atoms with E-state index in [0.29, 0.717) is 0 Å². The summed E-state index contributed by atoms with van der Waals surface area (Å²) in [5, 5.41) is 0. The molecule has 0 bridgehead atoms. The number of hydrogen-bond donors (Lipinski definition) is 0. The molecule has 0 aliphatic rings. The van der Waals surface area contributed by atoms with Crippen LogP contribution >= 0.6 is 0 Å². The van der Waals surface area contributed by atoms with E-state index in [4.69, 9.17) is 4.74 Å².